The zero-order chi connectivity index (χ0) is 16.1. The highest BCUT2D eigenvalue weighted by molar-refractivity contribution is 5.98. The van der Waals surface area contributed by atoms with E-state index in [1.54, 1.807) is 12.1 Å². The molecule has 0 radical (unpaired) electrons. The van der Waals surface area contributed by atoms with Crippen molar-refractivity contribution in [3.8, 4) is 0 Å². The zero-order valence-corrected chi connectivity index (χ0v) is 12.5. The molecule has 0 fully saturated rings. The van der Waals surface area contributed by atoms with E-state index >= 15 is 0 Å². The van der Waals surface area contributed by atoms with Gasteiger partial charge in [0.05, 0.1) is 5.56 Å². The van der Waals surface area contributed by atoms with E-state index in [0.717, 1.165) is 16.7 Å². The number of carboxylic acid groups (broad SMARTS) is 1. The molecule has 2 nitrogen and oxygen atoms in total. The Morgan fingerprint density at radius 1 is 0.696 bits per heavy atom. The van der Waals surface area contributed by atoms with Crippen molar-refractivity contribution < 1.29 is 9.90 Å². The van der Waals surface area contributed by atoms with E-state index in [2.05, 4.69) is 0 Å². The molecule has 0 amide bonds. The van der Waals surface area contributed by atoms with Crippen LogP contribution < -0.4 is 0 Å². The normalized spacial score (nSPS) is 10.1. The molecule has 0 aliphatic heterocycles. The summed E-state index contributed by atoms with van der Waals surface area (Å²) in [6, 6.07) is 27.0. The first-order valence-corrected chi connectivity index (χ1v) is 7.40. The summed E-state index contributed by atoms with van der Waals surface area (Å²) in [6.45, 7) is 0. The average Bonchev–Trinajstić information content (AvgIpc) is 2.61. The molecule has 0 aliphatic carbocycles. The van der Waals surface area contributed by atoms with Gasteiger partial charge in [0.25, 0.3) is 0 Å². The number of hydrogen-bond donors (Lipinski definition) is 1. The van der Waals surface area contributed by atoms with Gasteiger partial charge in [-0.15, -0.1) is 0 Å². The molecule has 3 rings (SSSR count). The van der Waals surface area contributed by atoms with Crippen LogP contribution in [0, 0.1) is 0 Å². The summed E-state index contributed by atoms with van der Waals surface area (Å²) in [4.78, 5) is 11.4. The second-order valence-electron chi connectivity index (χ2n) is 5.18. The molecule has 0 atom stereocenters. The molecular formula is C21H16O2. The van der Waals surface area contributed by atoms with Crippen molar-refractivity contribution in [3.05, 3.63) is 107 Å². The fourth-order valence-electron chi connectivity index (χ4n) is 2.54. The lowest BCUT2D eigenvalue weighted by Gasteiger charge is -2.10. The molecule has 0 aromatic heterocycles. The van der Waals surface area contributed by atoms with Crippen LogP contribution in [0.3, 0.4) is 0 Å². The van der Waals surface area contributed by atoms with Crippen molar-refractivity contribution in [3.63, 3.8) is 0 Å². The van der Waals surface area contributed by atoms with Crippen LogP contribution >= 0.6 is 0 Å². The summed E-state index contributed by atoms with van der Waals surface area (Å²) in [6.07, 6.45) is 1.94. The van der Waals surface area contributed by atoms with Gasteiger partial charge >= 0.3 is 5.97 Å². The highest BCUT2D eigenvalue weighted by atomic mass is 16.4. The maximum absolute atomic E-state index is 11.4. The van der Waals surface area contributed by atoms with Crippen LogP contribution in [-0.2, 0) is 0 Å². The summed E-state index contributed by atoms with van der Waals surface area (Å²) in [5.74, 6) is -0.919. The van der Waals surface area contributed by atoms with Crippen LogP contribution in [0.15, 0.2) is 84.9 Å². The molecule has 0 bridgehead atoms. The van der Waals surface area contributed by atoms with E-state index in [4.69, 9.17) is 0 Å². The first-order chi connectivity index (χ1) is 11.3. The SMILES string of the molecule is O=C(O)c1ccccc1C=C(c1ccccc1)c1ccccc1. The van der Waals surface area contributed by atoms with Gasteiger partial charge in [-0.1, -0.05) is 78.9 Å². The second-order valence-corrected chi connectivity index (χ2v) is 5.18. The molecule has 23 heavy (non-hydrogen) atoms. The second kappa shape index (κ2) is 6.75. The molecule has 0 saturated carbocycles. The van der Waals surface area contributed by atoms with Gasteiger partial charge in [-0.2, -0.15) is 0 Å². The molecule has 0 aliphatic rings. The van der Waals surface area contributed by atoms with E-state index in [9.17, 15) is 9.90 Å². The Labute approximate surface area is 135 Å². The van der Waals surface area contributed by atoms with Crippen LogP contribution in [0.5, 0.6) is 0 Å². The molecule has 0 unspecified atom stereocenters. The number of carboxylic acids is 1. The Balaban J connectivity index is 2.19. The van der Waals surface area contributed by atoms with Gasteiger partial charge in [0.2, 0.25) is 0 Å². The number of aromatic carboxylic acids is 1. The van der Waals surface area contributed by atoms with Crippen LogP contribution in [0.2, 0.25) is 0 Å². The van der Waals surface area contributed by atoms with E-state index in [1.807, 2.05) is 78.9 Å². The van der Waals surface area contributed by atoms with Crippen molar-refractivity contribution in [2.24, 2.45) is 0 Å². The van der Waals surface area contributed by atoms with Crippen molar-refractivity contribution in [1.29, 1.82) is 0 Å². The lowest BCUT2D eigenvalue weighted by molar-refractivity contribution is 0.0696. The van der Waals surface area contributed by atoms with Crippen molar-refractivity contribution in [2.75, 3.05) is 0 Å². The first kappa shape index (κ1) is 14.8. The Bertz CT molecular complexity index is 792. The standard InChI is InChI=1S/C21H16O2/c22-21(23)19-14-8-7-13-18(19)15-20(16-9-3-1-4-10-16)17-11-5-2-6-12-17/h1-15H,(H,22,23). The first-order valence-electron chi connectivity index (χ1n) is 7.40. The van der Waals surface area contributed by atoms with Gasteiger partial charge in [0.15, 0.2) is 0 Å². The van der Waals surface area contributed by atoms with Crippen LogP contribution in [0.25, 0.3) is 11.6 Å². The third-order valence-corrected chi connectivity index (χ3v) is 3.66. The zero-order valence-electron chi connectivity index (χ0n) is 12.5. The topological polar surface area (TPSA) is 37.3 Å². The summed E-state index contributed by atoms with van der Waals surface area (Å²) in [5.41, 5.74) is 4.11. The maximum atomic E-state index is 11.4. The van der Waals surface area contributed by atoms with Crippen molar-refractivity contribution in [2.45, 2.75) is 0 Å². The molecule has 0 heterocycles. The highest BCUT2D eigenvalue weighted by Crippen LogP contribution is 2.27. The van der Waals surface area contributed by atoms with Gasteiger partial charge < -0.3 is 5.11 Å². The molecule has 0 saturated heterocycles. The number of rotatable bonds is 4. The quantitative estimate of drug-likeness (QED) is 0.690. The monoisotopic (exact) mass is 300 g/mol. The molecular weight excluding hydrogens is 284 g/mol. The summed E-state index contributed by atoms with van der Waals surface area (Å²) < 4.78 is 0. The van der Waals surface area contributed by atoms with E-state index in [0.29, 0.717) is 11.1 Å². The lowest BCUT2D eigenvalue weighted by Crippen LogP contribution is -1.99. The van der Waals surface area contributed by atoms with E-state index < -0.39 is 5.97 Å². The average molecular weight is 300 g/mol. The summed E-state index contributed by atoms with van der Waals surface area (Å²) in [5, 5.41) is 9.39. The highest BCUT2D eigenvalue weighted by Gasteiger charge is 2.10. The van der Waals surface area contributed by atoms with Crippen LogP contribution in [0.4, 0.5) is 0 Å². The molecule has 2 heteroatoms. The minimum atomic E-state index is -0.919. The van der Waals surface area contributed by atoms with Gasteiger partial charge in [0, 0.05) is 0 Å². The Morgan fingerprint density at radius 2 is 1.17 bits per heavy atom. The Hall–Kier alpha value is -3.13. The third-order valence-electron chi connectivity index (χ3n) is 3.66. The van der Waals surface area contributed by atoms with Crippen molar-refractivity contribution >= 4 is 17.6 Å². The molecule has 112 valence electrons. The van der Waals surface area contributed by atoms with Gasteiger partial charge in [-0.25, -0.2) is 4.79 Å². The smallest absolute Gasteiger partial charge is 0.336 e. The molecule has 3 aromatic rings. The Kier molecular flexibility index (Phi) is 4.34. The fraction of sp³-hybridized carbons (Fsp3) is 0. The predicted octanol–water partition coefficient (Wildman–Crippen LogP) is 4.97. The Morgan fingerprint density at radius 3 is 1.70 bits per heavy atom. The minimum absolute atomic E-state index is 0.303. The largest absolute Gasteiger partial charge is 0.478 e. The third kappa shape index (κ3) is 3.38. The van der Waals surface area contributed by atoms with Gasteiger partial charge in [-0.05, 0) is 34.4 Å². The minimum Gasteiger partial charge on any atom is -0.478 e. The molecule has 3 aromatic carbocycles. The summed E-state index contributed by atoms with van der Waals surface area (Å²) >= 11 is 0. The van der Waals surface area contributed by atoms with E-state index in [-0.39, 0.29) is 0 Å². The number of hydrogen-bond acceptors (Lipinski definition) is 1. The van der Waals surface area contributed by atoms with Gasteiger partial charge in [-0.3, -0.25) is 0 Å². The maximum Gasteiger partial charge on any atom is 0.336 e. The lowest BCUT2D eigenvalue weighted by atomic mass is 9.94. The number of carbonyl (C=O) groups is 1. The van der Waals surface area contributed by atoms with E-state index in [1.165, 1.54) is 0 Å². The van der Waals surface area contributed by atoms with Crippen LogP contribution in [-0.4, -0.2) is 11.1 Å². The van der Waals surface area contributed by atoms with Crippen LogP contribution in [0.1, 0.15) is 27.0 Å². The predicted molar refractivity (Wildman–Crippen MR) is 93.3 cm³/mol. The molecule has 0 spiro atoms. The molecule has 1 N–H and O–H groups in total. The van der Waals surface area contributed by atoms with Crippen molar-refractivity contribution in [1.82, 2.24) is 0 Å². The fourth-order valence-corrected chi connectivity index (χ4v) is 2.54. The van der Waals surface area contributed by atoms with Gasteiger partial charge in [0.1, 0.15) is 0 Å². The summed E-state index contributed by atoms with van der Waals surface area (Å²) in [7, 11) is 0. The number of benzene rings is 3.